The predicted octanol–water partition coefficient (Wildman–Crippen LogP) is -2.74. The number of urea groups is 1. The number of fused-ring (bicyclic) bond motifs is 1. The Kier molecular flexibility index (Phi) is 3.29. The molecule has 8 nitrogen and oxygen atoms in total. The minimum absolute atomic E-state index is 0.0344. The second-order valence-corrected chi connectivity index (χ2v) is 4.27. The number of carbonyl (C=O) groups is 2. The summed E-state index contributed by atoms with van der Waals surface area (Å²) in [5.74, 6) is -0.328. The summed E-state index contributed by atoms with van der Waals surface area (Å²) < 4.78 is 0. The van der Waals surface area contributed by atoms with Crippen LogP contribution in [0.25, 0.3) is 0 Å². The largest absolute Gasteiger partial charge is 0.395 e. The number of nitrogens with one attached hydrogen (secondary N) is 3. The van der Waals surface area contributed by atoms with E-state index in [0.29, 0.717) is 6.54 Å². The smallest absolute Gasteiger partial charge is 0.325 e. The van der Waals surface area contributed by atoms with Crippen molar-refractivity contribution in [2.75, 3.05) is 27.2 Å². The molecule has 2 rings (SSSR count). The molecule has 0 spiro atoms. The molecule has 96 valence electrons. The molecule has 2 heterocycles. The zero-order valence-corrected chi connectivity index (χ0v) is 9.80. The van der Waals surface area contributed by atoms with Crippen LogP contribution in [-0.4, -0.2) is 72.6 Å². The van der Waals surface area contributed by atoms with Crippen molar-refractivity contribution in [1.29, 1.82) is 0 Å². The highest BCUT2D eigenvalue weighted by Crippen LogP contribution is 2.14. The molecule has 0 aromatic carbocycles. The maximum absolute atomic E-state index is 11.6. The Morgan fingerprint density at radius 3 is 2.76 bits per heavy atom. The van der Waals surface area contributed by atoms with Crippen LogP contribution in [0.3, 0.4) is 0 Å². The molecule has 8 heteroatoms. The number of nitrogens with zero attached hydrogens (tertiary/aromatic N) is 2. The number of amides is 3. The van der Waals surface area contributed by atoms with Gasteiger partial charge in [-0.1, -0.05) is 0 Å². The standard InChI is InChI=1S/C9H17N5O3/c1-13(3-4-15)8-10-5-6(11-8)14(2)9(17)12-7(5)16/h5-6,8,10-11,15H,3-4H2,1-2H3,(H,12,16,17). The van der Waals surface area contributed by atoms with Gasteiger partial charge in [0, 0.05) is 13.6 Å². The first-order valence-electron chi connectivity index (χ1n) is 5.45. The van der Waals surface area contributed by atoms with E-state index in [-0.39, 0.29) is 25.0 Å². The highest BCUT2D eigenvalue weighted by Gasteiger charge is 2.46. The number of hydrogen-bond donors (Lipinski definition) is 4. The molecular formula is C9H17N5O3. The number of carbonyl (C=O) groups excluding carboxylic acids is 2. The van der Waals surface area contributed by atoms with E-state index in [1.807, 2.05) is 11.9 Å². The van der Waals surface area contributed by atoms with E-state index in [2.05, 4.69) is 16.0 Å². The summed E-state index contributed by atoms with van der Waals surface area (Å²) >= 11 is 0. The van der Waals surface area contributed by atoms with Crippen LogP contribution in [0.4, 0.5) is 4.79 Å². The van der Waals surface area contributed by atoms with Crippen LogP contribution < -0.4 is 16.0 Å². The van der Waals surface area contributed by atoms with Crippen LogP contribution in [-0.2, 0) is 4.79 Å². The fourth-order valence-electron chi connectivity index (χ4n) is 2.06. The molecule has 2 aliphatic rings. The molecule has 3 atom stereocenters. The lowest BCUT2D eigenvalue weighted by molar-refractivity contribution is -0.124. The Morgan fingerprint density at radius 1 is 1.41 bits per heavy atom. The Labute approximate surface area is 98.9 Å². The quantitative estimate of drug-likeness (QED) is 0.429. The average Bonchev–Trinajstić information content (AvgIpc) is 2.72. The molecule has 0 bridgehead atoms. The summed E-state index contributed by atoms with van der Waals surface area (Å²) in [5, 5.41) is 17.3. The number of imide groups is 1. The molecule has 0 saturated carbocycles. The summed E-state index contributed by atoms with van der Waals surface area (Å²) in [6.07, 6.45) is -0.598. The minimum Gasteiger partial charge on any atom is -0.395 e. The Hall–Kier alpha value is -1.22. The second kappa shape index (κ2) is 4.57. The Bertz CT molecular complexity index is 337. The molecule has 4 N–H and O–H groups in total. The average molecular weight is 243 g/mol. The van der Waals surface area contributed by atoms with E-state index in [1.54, 1.807) is 7.05 Å². The van der Waals surface area contributed by atoms with Crippen molar-refractivity contribution in [1.82, 2.24) is 25.8 Å². The fraction of sp³-hybridized carbons (Fsp3) is 0.778. The van der Waals surface area contributed by atoms with Crippen molar-refractivity contribution >= 4 is 11.9 Å². The normalized spacial score (nSPS) is 32.9. The Morgan fingerprint density at radius 2 is 2.12 bits per heavy atom. The molecule has 2 saturated heterocycles. The van der Waals surface area contributed by atoms with Gasteiger partial charge in [-0.05, 0) is 7.05 Å². The number of aliphatic hydroxyl groups excluding tert-OH is 1. The van der Waals surface area contributed by atoms with Crippen molar-refractivity contribution < 1.29 is 14.7 Å². The van der Waals surface area contributed by atoms with E-state index < -0.39 is 12.1 Å². The van der Waals surface area contributed by atoms with Crippen molar-refractivity contribution in [2.24, 2.45) is 0 Å². The van der Waals surface area contributed by atoms with Crippen LogP contribution in [0, 0.1) is 0 Å². The van der Waals surface area contributed by atoms with Gasteiger partial charge in [-0.2, -0.15) is 0 Å². The summed E-state index contributed by atoms with van der Waals surface area (Å²) in [5.41, 5.74) is 0. The van der Waals surface area contributed by atoms with Gasteiger partial charge in [-0.15, -0.1) is 0 Å². The third-order valence-corrected chi connectivity index (χ3v) is 3.13. The van der Waals surface area contributed by atoms with Gasteiger partial charge < -0.3 is 10.0 Å². The van der Waals surface area contributed by atoms with E-state index in [9.17, 15) is 9.59 Å². The summed E-state index contributed by atoms with van der Waals surface area (Å²) in [4.78, 5) is 26.3. The lowest BCUT2D eigenvalue weighted by Gasteiger charge is -2.32. The Balaban J connectivity index is 2.07. The molecule has 3 unspecified atom stereocenters. The van der Waals surface area contributed by atoms with Crippen LogP contribution in [0.2, 0.25) is 0 Å². The van der Waals surface area contributed by atoms with Gasteiger partial charge in [-0.3, -0.25) is 25.6 Å². The van der Waals surface area contributed by atoms with E-state index >= 15 is 0 Å². The predicted molar refractivity (Wildman–Crippen MR) is 58.7 cm³/mol. The van der Waals surface area contributed by atoms with Gasteiger partial charge in [0.05, 0.1) is 6.61 Å². The molecule has 0 aromatic rings. The van der Waals surface area contributed by atoms with Crippen LogP contribution >= 0.6 is 0 Å². The van der Waals surface area contributed by atoms with E-state index in [1.165, 1.54) is 4.90 Å². The minimum atomic E-state index is -0.469. The van der Waals surface area contributed by atoms with Gasteiger partial charge in [0.25, 0.3) is 0 Å². The van der Waals surface area contributed by atoms with E-state index in [0.717, 1.165) is 0 Å². The molecule has 0 aliphatic carbocycles. The third kappa shape index (κ3) is 2.12. The first-order valence-corrected chi connectivity index (χ1v) is 5.45. The van der Waals surface area contributed by atoms with E-state index in [4.69, 9.17) is 5.11 Å². The number of aliphatic hydroxyl groups is 1. The SMILES string of the molecule is CN(CCO)C1NC2C(=O)NC(=O)N(C)C2N1. The molecule has 0 radical (unpaired) electrons. The summed E-state index contributed by atoms with van der Waals surface area (Å²) in [7, 11) is 3.44. The van der Waals surface area contributed by atoms with Gasteiger partial charge in [-0.25, -0.2) is 4.79 Å². The zero-order chi connectivity index (χ0) is 12.6. The molecule has 0 aromatic heterocycles. The maximum atomic E-state index is 11.6. The lowest BCUT2D eigenvalue weighted by atomic mass is 10.2. The molecule has 2 fully saturated rings. The monoisotopic (exact) mass is 243 g/mol. The number of rotatable bonds is 3. The van der Waals surface area contributed by atoms with Crippen LogP contribution in [0.15, 0.2) is 0 Å². The third-order valence-electron chi connectivity index (χ3n) is 3.13. The summed E-state index contributed by atoms with van der Waals surface area (Å²) in [6.45, 7) is 0.510. The molecule has 3 amide bonds. The summed E-state index contributed by atoms with van der Waals surface area (Å²) in [6, 6.07) is -0.875. The first-order chi connectivity index (χ1) is 8.04. The lowest BCUT2D eigenvalue weighted by Crippen LogP contribution is -2.64. The first kappa shape index (κ1) is 12.2. The molecule has 17 heavy (non-hydrogen) atoms. The maximum Gasteiger partial charge on any atom is 0.325 e. The fourth-order valence-corrected chi connectivity index (χ4v) is 2.06. The number of likely N-dealkylation sites (N-methyl/N-ethyl adjacent to an activating group) is 2. The molecular weight excluding hydrogens is 226 g/mol. The van der Waals surface area contributed by atoms with Crippen molar-refractivity contribution in [3.05, 3.63) is 0 Å². The van der Waals surface area contributed by atoms with Gasteiger partial charge in [0.15, 0.2) is 0 Å². The van der Waals surface area contributed by atoms with Gasteiger partial charge >= 0.3 is 6.03 Å². The highest BCUT2D eigenvalue weighted by molar-refractivity contribution is 6.00. The second-order valence-electron chi connectivity index (χ2n) is 4.27. The van der Waals surface area contributed by atoms with Crippen molar-refractivity contribution in [2.45, 2.75) is 18.5 Å². The molecule has 2 aliphatic heterocycles. The number of hydrogen-bond acceptors (Lipinski definition) is 6. The van der Waals surface area contributed by atoms with Gasteiger partial charge in [0.2, 0.25) is 5.91 Å². The zero-order valence-electron chi connectivity index (χ0n) is 9.80. The highest BCUT2D eigenvalue weighted by atomic mass is 16.3. The van der Waals surface area contributed by atoms with Crippen molar-refractivity contribution in [3.8, 4) is 0 Å². The van der Waals surface area contributed by atoms with Crippen molar-refractivity contribution in [3.63, 3.8) is 0 Å². The topological polar surface area (TPSA) is 96.9 Å². The van der Waals surface area contributed by atoms with Crippen LogP contribution in [0.1, 0.15) is 0 Å². The van der Waals surface area contributed by atoms with Crippen LogP contribution in [0.5, 0.6) is 0 Å². The van der Waals surface area contributed by atoms with Gasteiger partial charge in [0.1, 0.15) is 18.5 Å².